The molecule has 0 fully saturated rings. The minimum atomic E-state index is -1.74. The highest BCUT2D eigenvalue weighted by atomic mass is 16.7. The van der Waals surface area contributed by atoms with Crippen molar-refractivity contribution < 1.29 is 24.6 Å². The quantitative estimate of drug-likeness (QED) is 0.294. The van der Waals surface area contributed by atoms with E-state index in [1.54, 1.807) is 6.07 Å². The van der Waals surface area contributed by atoms with Crippen LogP contribution in [-0.2, 0) is 0 Å². The van der Waals surface area contributed by atoms with E-state index in [0.29, 0.717) is 5.56 Å². The minimum Gasteiger partial charge on any atom is -0.594 e. The zero-order valence-electron chi connectivity index (χ0n) is 14.7. The van der Waals surface area contributed by atoms with E-state index < -0.39 is 53.7 Å². The number of hydrogen-bond donors (Lipinski definition) is 0. The Kier molecular flexibility index (Phi) is 5.43. The molecule has 0 radical (unpaired) electrons. The van der Waals surface area contributed by atoms with Crippen molar-refractivity contribution in [3.8, 4) is 0 Å². The van der Waals surface area contributed by atoms with Crippen LogP contribution in [-0.4, -0.2) is 24.6 Å². The lowest BCUT2D eigenvalue weighted by Crippen LogP contribution is -2.07. The van der Waals surface area contributed by atoms with Crippen LogP contribution in [0.3, 0.4) is 0 Å². The van der Waals surface area contributed by atoms with Gasteiger partial charge in [-0.25, -0.2) is 0 Å². The lowest BCUT2D eigenvalue weighted by molar-refractivity contribution is -0.454. The van der Waals surface area contributed by atoms with Crippen molar-refractivity contribution >= 4 is 34.1 Å². The second-order valence-electron chi connectivity index (χ2n) is 5.56. The van der Waals surface area contributed by atoms with Gasteiger partial charge in [0, 0.05) is 16.7 Å². The number of azo groups is 1. The summed E-state index contributed by atoms with van der Waals surface area (Å²) in [4.78, 5) is 39.7. The first kappa shape index (κ1) is 20.7. The number of nitrogens with zero attached hydrogens (tertiary/aromatic N) is 6. The zero-order chi connectivity index (χ0) is 22.0. The summed E-state index contributed by atoms with van der Waals surface area (Å²) in [5.74, 6) is 0. The molecule has 0 unspecified atom stereocenters. The van der Waals surface area contributed by atoms with Crippen LogP contribution in [0.1, 0.15) is 11.1 Å². The van der Waals surface area contributed by atoms with Gasteiger partial charge in [-0.15, -0.1) is 0 Å². The lowest BCUT2D eigenvalue weighted by Gasteiger charge is -2.06. The molecule has 0 N–H and O–H groups in total. The van der Waals surface area contributed by atoms with Gasteiger partial charge in [-0.2, -0.15) is 0 Å². The van der Waals surface area contributed by atoms with Gasteiger partial charge >= 0.3 is 22.7 Å². The SMILES string of the molecule is Cc1ccccc1[N+]([O-])=Nc1c(C)c([N+](=O)[O-])c([N+](=O)[O-])c([N+](=O)[O-])c1[N+](=O)[O-]. The lowest BCUT2D eigenvalue weighted by atomic mass is 10.1. The standard InChI is InChI=1S/C14H10N6O9/c1-7-5-3-4-6-9(7)16(21)15-10-8(2)11(17(22)23)13(19(26)27)14(20(28)29)12(10)18(24)25/h3-6H,1-2H3. The van der Waals surface area contributed by atoms with Crippen LogP contribution < -0.4 is 0 Å². The smallest absolute Gasteiger partial charge is 0.432 e. The number of nitro groups is 4. The molecule has 2 rings (SSSR count). The van der Waals surface area contributed by atoms with Gasteiger partial charge in [0.25, 0.3) is 0 Å². The number of para-hydroxylation sites is 1. The zero-order valence-corrected chi connectivity index (χ0v) is 14.7. The number of nitro benzene ring substituents is 4. The summed E-state index contributed by atoms with van der Waals surface area (Å²) in [5, 5.41) is 61.2. The van der Waals surface area contributed by atoms with Crippen LogP contribution >= 0.6 is 0 Å². The van der Waals surface area contributed by atoms with E-state index in [2.05, 4.69) is 5.11 Å². The Balaban J connectivity index is 3.06. The molecule has 0 aliphatic rings. The predicted molar refractivity (Wildman–Crippen MR) is 94.4 cm³/mol. The van der Waals surface area contributed by atoms with Crippen molar-refractivity contribution in [2.24, 2.45) is 5.11 Å². The molecule has 0 saturated heterocycles. The molecule has 0 bridgehead atoms. The maximum Gasteiger partial charge on any atom is 0.432 e. The molecule has 0 aliphatic carbocycles. The highest BCUT2D eigenvalue weighted by Gasteiger charge is 2.49. The van der Waals surface area contributed by atoms with Crippen molar-refractivity contribution in [3.63, 3.8) is 0 Å². The molecule has 0 amide bonds. The summed E-state index contributed by atoms with van der Waals surface area (Å²) in [6.07, 6.45) is 0. The van der Waals surface area contributed by atoms with E-state index in [1.807, 2.05) is 0 Å². The van der Waals surface area contributed by atoms with E-state index in [1.165, 1.54) is 25.1 Å². The molecule has 0 aliphatic heterocycles. The fourth-order valence-electron chi connectivity index (χ4n) is 2.59. The number of rotatable bonds is 6. The molecule has 0 aromatic heterocycles. The van der Waals surface area contributed by atoms with Crippen molar-refractivity contribution in [3.05, 3.63) is 81.1 Å². The summed E-state index contributed by atoms with van der Waals surface area (Å²) in [6, 6.07) is 5.84. The van der Waals surface area contributed by atoms with E-state index in [9.17, 15) is 45.7 Å². The summed E-state index contributed by atoms with van der Waals surface area (Å²) >= 11 is 0. The van der Waals surface area contributed by atoms with Crippen molar-refractivity contribution in [1.82, 2.24) is 0 Å². The molecule has 0 heterocycles. The van der Waals surface area contributed by atoms with Crippen LogP contribution in [0.25, 0.3) is 0 Å². The molecule has 15 heteroatoms. The summed E-state index contributed by atoms with van der Waals surface area (Å²) in [5.41, 5.74) is -7.76. The van der Waals surface area contributed by atoms with Crippen LogP contribution in [0, 0.1) is 59.5 Å². The number of hydrogen-bond acceptors (Lipinski definition) is 10. The first-order valence-corrected chi connectivity index (χ1v) is 7.51. The molecule has 2 aromatic carbocycles. The normalized spacial score (nSPS) is 11.2. The van der Waals surface area contributed by atoms with E-state index in [4.69, 9.17) is 0 Å². The molecule has 0 atom stereocenters. The van der Waals surface area contributed by atoms with Crippen molar-refractivity contribution in [2.45, 2.75) is 13.8 Å². The third-order valence-corrected chi connectivity index (χ3v) is 3.85. The highest BCUT2D eigenvalue weighted by Crippen LogP contribution is 2.51. The largest absolute Gasteiger partial charge is 0.594 e. The Bertz CT molecular complexity index is 1110. The predicted octanol–water partition coefficient (Wildman–Crippen LogP) is 3.86. The van der Waals surface area contributed by atoms with Gasteiger partial charge in [0.2, 0.25) is 11.4 Å². The van der Waals surface area contributed by atoms with Crippen molar-refractivity contribution in [1.29, 1.82) is 0 Å². The molecule has 15 nitrogen and oxygen atoms in total. The van der Waals surface area contributed by atoms with E-state index in [0.717, 1.165) is 6.92 Å². The van der Waals surface area contributed by atoms with Crippen molar-refractivity contribution in [2.75, 3.05) is 0 Å². The summed E-state index contributed by atoms with van der Waals surface area (Å²) < 4.78 is 0. The van der Waals surface area contributed by atoms with Crippen LogP contribution in [0.2, 0.25) is 0 Å². The molecule has 0 spiro atoms. The van der Waals surface area contributed by atoms with Gasteiger partial charge in [-0.3, -0.25) is 40.5 Å². The molecular weight excluding hydrogens is 396 g/mol. The van der Waals surface area contributed by atoms with Gasteiger partial charge in [0.1, 0.15) is 0 Å². The first-order valence-electron chi connectivity index (χ1n) is 7.51. The fourth-order valence-corrected chi connectivity index (χ4v) is 2.59. The summed E-state index contributed by atoms with van der Waals surface area (Å²) in [7, 11) is 0. The molecule has 2 aromatic rings. The van der Waals surface area contributed by atoms with Crippen LogP contribution in [0.5, 0.6) is 0 Å². The molecular formula is C14H10N6O9. The Morgan fingerprint density at radius 2 is 1.14 bits per heavy atom. The van der Waals surface area contributed by atoms with Crippen LogP contribution in [0.15, 0.2) is 29.4 Å². The maximum absolute atomic E-state index is 12.4. The Morgan fingerprint density at radius 1 is 0.690 bits per heavy atom. The third kappa shape index (κ3) is 3.64. The monoisotopic (exact) mass is 406 g/mol. The Hall–Kier alpha value is -4.56. The minimum absolute atomic E-state index is 0.0927. The van der Waals surface area contributed by atoms with Gasteiger partial charge in [-0.05, 0) is 18.7 Å². The van der Waals surface area contributed by atoms with Gasteiger partial charge in [0.05, 0.1) is 25.3 Å². The average Bonchev–Trinajstić information content (AvgIpc) is 2.61. The average molecular weight is 406 g/mol. The Labute approximate surface area is 159 Å². The molecule has 29 heavy (non-hydrogen) atoms. The van der Waals surface area contributed by atoms with Crippen LogP contribution in [0.4, 0.5) is 34.1 Å². The first-order chi connectivity index (χ1) is 13.5. The Morgan fingerprint density at radius 3 is 1.59 bits per heavy atom. The highest BCUT2D eigenvalue weighted by molar-refractivity contribution is 5.86. The second-order valence-corrected chi connectivity index (χ2v) is 5.56. The molecule has 0 saturated carbocycles. The number of benzene rings is 2. The van der Waals surface area contributed by atoms with Gasteiger partial charge in [0.15, 0.2) is 0 Å². The van der Waals surface area contributed by atoms with E-state index in [-0.39, 0.29) is 10.5 Å². The number of aryl methyl sites for hydroxylation is 1. The molecule has 150 valence electrons. The fraction of sp³-hybridized carbons (Fsp3) is 0.143. The topological polar surface area (TPSA) is 211 Å². The van der Waals surface area contributed by atoms with E-state index >= 15 is 0 Å². The van der Waals surface area contributed by atoms with Gasteiger partial charge in [-0.1, -0.05) is 18.2 Å². The van der Waals surface area contributed by atoms with Gasteiger partial charge < -0.3 is 5.21 Å². The second kappa shape index (κ2) is 7.59. The maximum atomic E-state index is 12.4. The third-order valence-electron chi connectivity index (χ3n) is 3.85. The summed E-state index contributed by atoms with van der Waals surface area (Å²) in [6.45, 7) is 2.38.